The van der Waals surface area contributed by atoms with Gasteiger partial charge in [-0.05, 0) is 44.2 Å². The van der Waals surface area contributed by atoms with Crippen LogP contribution in [0.3, 0.4) is 0 Å². The third-order valence-corrected chi connectivity index (χ3v) is 3.67. The molecule has 1 aromatic heterocycles. The maximum atomic E-state index is 11.7. The van der Waals surface area contributed by atoms with Crippen molar-refractivity contribution in [2.45, 2.75) is 33.0 Å². The molecule has 5 nitrogen and oxygen atoms in total. The van der Waals surface area contributed by atoms with E-state index in [0.29, 0.717) is 13.2 Å². The van der Waals surface area contributed by atoms with Gasteiger partial charge in [0.15, 0.2) is 0 Å². The Hall–Kier alpha value is -1.92. The van der Waals surface area contributed by atoms with E-state index >= 15 is 0 Å². The highest BCUT2D eigenvalue weighted by Crippen LogP contribution is 2.24. The average Bonchev–Trinajstić information content (AvgIpc) is 2.54. The molecule has 1 heterocycles. The molecule has 128 valence electrons. The Morgan fingerprint density at radius 1 is 1.29 bits per heavy atom. The van der Waals surface area contributed by atoms with Crippen LogP contribution in [0.25, 0.3) is 0 Å². The van der Waals surface area contributed by atoms with E-state index < -0.39 is 0 Å². The number of pyridine rings is 1. The summed E-state index contributed by atoms with van der Waals surface area (Å²) in [5, 5.41) is 6.00. The summed E-state index contributed by atoms with van der Waals surface area (Å²) >= 11 is 3.47. The van der Waals surface area contributed by atoms with E-state index in [1.54, 1.807) is 6.20 Å². The summed E-state index contributed by atoms with van der Waals surface area (Å²) in [5.41, 5.74) is 1.85. The highest BCUT2D eigenvalue weighted by Gasteiger charge is 2.07. The van der Waals surface area contributed by atoms with Crippen molar-refractivity contribution in [2.75, 3.05) is 6.54 Å². The summed E-state index contributed by atoms with van der Waals surface area (Å²) in [4.78, 5) is 15.9. The smallest absolute Gasteiger partial charge is 0.234 e. The summed E-state index contributed by atoms with van der Waals surface area (Å²) in [5.74, 6) is 0.761. The lowest BCUT2D eigenvalue weighted by Gasteiger charge is -2.13. The number of aromatic nitrogens is 1. The number of nitrogens with zero attached hydrogens (tertiary/aromatic N) is 1. The number of hydrogen-bond donors (Lipinski definition) is 2. The van der Waals surface area contributed by atoms with Gasteiger partial charge in [-0.25, -0.2) is 0 Å². The molecule has 0 aliphatic rings. The first-order valence-electron chi connectivity index (χ1n) is 7.86. The van der Waals surface area contributed by atoms with E-state index in [1.807, 2.05) is 50.2 Å². The van der Waals surface area contributed by atoms with E-state index in [-0.39, 0.29) is 18.5 Å². The molecule has 0 bridgehead atoms. The van der Waals surface area contributed by atoms with Gasteiger partial charge < -0.3 is 15.4 Å². The maximum absolute atomic E-state index is 11.7. The first kappa shape index (κ1) is 18.4. The van der Waals surface area contributed by atoms with Crippen LogP contribution in [0.4, 0.5) is 0 Å². The number of benzene rings is 1. The number of carbonyl (C=O) groups is 1. The molecule has 2 N–H and O–H groups in total. The number of ether oxygens (including phenoxy) is 1. The molecule has 0 unspecified atom stereocenters. The fourth-order valence-electron chi connectivity index (χ4n) is 2.15. The van der Waals surface area contributed by atoms with Crippen LogP contribution in [-0.4, -0.2) is 23.5 Å². The molecular formula is C18H22BrN3O2. The summed E-state index contributed by atoms with van der Waals surface area (Å²) in [7, 11) is 0. The van der Waals surface area contributed by atoms with Crippen molar-refractivity contribution in [3.63, 3.8) is 0 Å². The molecule has 2 aromatic rings. The van der Waals surface area contributed by atoms with Crippen molar-refractivity contribution in [3.05, 3.63) is 58.3 Å². The topological polar surface area (TPSA) is 63.2 Å². The van der Waals surface area contributed by atoms with Crippen LogP contribution in [0.1, 0.15) is 25.1 Å². The predicted molar refractivity (Wildman–Crippen MR) is 97.7 cm³/mol. The lowest BCUT2D eigenvalue weighted by molar-refractivity contribution is -0.120. The van der Waals surface area contributed by atoms with Crippen LogP contribution in [-0.2, 0) is 17.9 Å². The van der Waals surface area contributed by atoms with Crippen LogP contribution >= 0.6 is 15.9 Å². The van der Waals surface area contributed by atoms with Gasteiger partial charge in [0.05, 0.1) is 12.2 Å². The lowest BCUT2D eigenvalue weighted by atomic mass is 10.2. The fourth-order valence-corrected chi connectivity index (χ4v) is 2.55. The molecule has 24 heavy (non-hydrogen) atoms. The summed E-state index contributed by atoms with van der Waals surface area (Å²) in [6.07, 6.45) is 1.75. The highest BCUT2D eigenvalue weighted by molar-refractivity contribution is 9.10. The summed E-state index contributed by atoms with van der Waals surface area (Å²) in [6.45, 7) is 5.10. The number of rotatable bonds is 8. The molecule has 0 radical (unpaired) electrons. The Bertz CT molecular complexity index is 663. The molecule has 0 saturated heterocycles. The third kappa shape index (κ3) is 6.29. The largest absolute Gasteiger partial charge is 0.487 e. The number of nitrogens with one attached hydrogen (secondary N) is 2. The van der Waals surface area contributed by atoms with Crippen LogP contribution in [0.15, 0.2) is 47.1 Å². The van der Waals surface area contributed by atoms with Gasteiger partial charge in [-0.2, -0.15) is 0 Å². The van der Waals surface area contributed by atoms with Crippen molar-refractivity contribution in [2.24, 2.45) is 0 Å². The van der Waals surface area contributed by atoms with Gasteiger partial charge in [0.25, 0.3) is 0 Å². The zero-order valence-electron chi connectivity index (χ0n) is 13.9. The average molecular weight is 392 g/mol. The van der Waals surface area contributed by atoms with Crippen molar-refractivity contribution in [1.82, 2.24) is 15.6 Å². The number of halogens is 1. The summed E-state index contributed by atoms with van der Waals surface area (Å²) < 4.78 is 6.85. The van der Waals surface area contributed by atoms with Gasteiger partial charge in [0.1, 0.15) is 12.4 Å². The highest BCUT2D eigenvalue weighted by atomic mass is 79.9. The second-order valence-electron chi connectivity index (χ2n) is 5.69. The van der Waals surface area contributed by atoms with Gasteiger partial charge in [-0.3, -0.25) is 9.78 Å². The Labute approximate surface area is 151 Å². The van der Waals surface area contributed by atoms with Gasteiger partial charge in [0, 0.05) is 28.8 Å². The van der Waals surface area contributed by atoms with Crippen molar-refractivity contribution in [3.8, 4) is 5.75 Å². The standard InChI is InChI=1S/C18H22BrN3O2/c1-13(2)22-18(23)11-20-10-14-9-15(19)6-7-17(14)24-12-16-5-3-4-8-21-16/h3-9,13,20H,10-12H2,1-2H3,(H,22,23). The summed E-state index contributed by atoms with van der Waals surface area (Å²) in [6, 6.07) is 11.7. The second-order valence-corrected chi connectivity index (χ2v) is 6.60. The second kappa shape index (κ2) is 9.39. The Balaban J connectivity index is 1.93. The molecule has 0 saturated carbocycles. The van der Waals surface area contributed by atoms with E-state index in [4.69, 9.17) is 4.74 Å². The minimum atomic E-state index is -0.0176. The molecule has 0 fully saturated rings. The molecule has 2 rings (SSSR count). The Morgan fingerprint density at radius 3 is 2.83 bits per heavy atom. The van der Waals surface area contributed by atoms with E-state index in [1.165, 1.54) is 0 Å². The molecule has 1 amide bonds. The van der Waals surface area contributed by atoms with Crippen molar-refractivity contribution >= 4 is 21.8 Å². The maximum Gasteiger partial charge on any atom is 0.234 e. The molecular weight excluding hydrogens is 370 g/mol. The Kier molecular flexibility index (Phi) is 7.21. The minimum absolute atomic E-state index is 0.0176. The number of hydrogen-bond acceptors (Lipinski definition) is 4. The zero-order valence-corrected chi connectivity index (χ0v) is 15.5. The monoisotopic (exact) mass is 391 g/mol. The van der Waals surface area contributed by atoms with Crippen LogP contribution in [0.2, 0.25) is 0 Å². The number of carbonyl (C=O) groups excluding carboxylic acids is 1. The number of amides is 1. The molecule has 0 spiro atoms. The van der Waals surface area contributed by atoms with E-state index in [9.17, 15) is 4.79 Å². The van der Waals surface area contributed by atoms with Gasteiger partial charge in [-0.1, -0.05) is 22.0 Å². The quantitative estimate of drug-likeness (QED) is 0.725. The van der Waals surface area contributed by atoms with Crippen molar-refractivity contribution in [1.29, 1.82) is 0 Å². The van der Waals surface area contributed by atoms with Crippen LogP contribution < -0.4 is 15.4 Å². The normalized spacial score (nSPS) is 10.7. The van der Waals surface area contributed by atoms with Crippen molar-refractivity contribution < 1.29 is 9.53 Å². The lowest BCUT2D eigenvalue weighted by Crippen LogP contribution is -2.37. The molecule has 6 heteroatoms. The zero-order chi connectivity index (χ0) is 17.4. The van der Waals surface area contributed by atoms with E-state index in [0.717, 1.165) is 21.5 Å². The first-order chi connectivity index (χ1) is 11.5. The molecule has 0 atom stereocenters. The van der Waals surface area contributed by atoms with E-state index in [2.05, 4.69) is 31.5 Å². The fraction of sp³-hybridized carbons (Fsp3) is 0.333. The SMILES string of the molecule is CC(C)NC(=O)CNCc1cc(Br)ccc1OCc1ccccn1. The molecule has 0 aliphatic carbocycles. The minimum Gasteiger partial charge on any atom is -0.487 e. The first-order valence-corrected chi connectivity index (χ1v) is 8.65. The van der Waals surface area contributed by atoms with Gasteiger partial charge >= 0.3 is 0 Å². The van der Waals surface area contributed by atoms with Gasteiger partial charge in [0.2, 0.25) is 5.91 Å². The van der Waals surface area contributed by atoms with Crippen LogP contribution in [0.5, 0.6) is 5.75 Å². The predicted octanol–water partition coefficient (Wildman–Crippen LogP) is 3.04. The Morgan fingerprint density at radius 2 is 2.12 bits per heavy atom. The molecule has 1 aromatic carbocycles. The van der Waals surface area contributed by atoms with Gasteiger partial charge in [-0.15, -0.1) is 0 Å². The molecule has 0 aliphatic heterocycles. The van der Waals surface area contributed by atoms with Crippen LogP contribution in [0, 0.1) is 0 Å². The third-order valence-electron chi connectivity index (χ3n) is 3.17.